The minimum absolute atomic E-state index is 0.458. The van der Waals surface area contributed by atoms with E-state index >= 15 is 0 Å². The summed E-state index contributed by atoms with van der Waals surface area (Å²) >= 11 is 4.97. The average molecular weight is 357 g/mol. The Morgan fingerprint density at radius 1 is 1.16 bits per heavy atom. The third-order valence-electron chi connectivity index (χ3n) is 3.35. The molecule has 0 saturated heterocycles. The molecule has 0 radical (unpaired) electrons. The first-order valence-corrected chi connectivity index (χ1v) is 8.49. The largest absolute Gasteiger partial charge is 0.490 e. The lowest BCUT2D eigenvalue weighted by Crippen LogP contribution is -2.28. The fraction of sp³-hybridized carbons (Fsp3) is 0.263. The number of nitrogens with one attached hydrogen (secondary N) is 2. The third-order valence-corrected chi connectivity index (χ3v) is 3.65. The summed E-state index contributed by atoms with van der Waals surface area (Å²) in [7, 11) is 1.73. The van der Waals surface area contributed by atoms with Gasteiger partial charge in [-0.2, -0.15) is 5.10 Å². The van der Waals surface area contributed by atoms with Gasteiger partial charge in [0.25, 0.3) is 0 Å². The van der Waals surface area contributed by atoms with Crippen LogP contribution >= 0.6 is 12.2 Å². The van der Waals surface area contributed by atoms with E-state index in [0.29, 0.717) is 29.8 Å². The third kappa shape index (κ3) is 6.08. The van der Waals surface area contributed by atoms with E-state index in [1.165, 1.54) is 5.56 Å². The van der Waals surface area contributed by atoms with Gasteiger partial charge in [-0.15, -0.1) is 0 Å². The SMILES string of the molecule is CCOc1cc(/C=N/NC(=S)NC)ccc1OCc1cccc(C)c1. The van der Waals surface area contributed by atoms with Crippen LogP contribution in [0.5, 0.6) is 11.5 Å². The van der Waals surface area contributed by atoms with E-state index in [-0.39, 0.29) is 0 Å². The van der Waals surface area contributed by atoms with Crippen LogP contribution in [0.25, 0.3) is 0 Å². The van der Waals surface area contributed by atoms with Crippen molar-refractivity contribution in [2.24, 2.45) is 5.10 Å². The van der Waals surface area contributed by atoms with Crippen LogP contribution in [-0.4, -0.2) is 25.0 Å². The molecule has 0 heterocycles. The van der Waals surface area contributed by atoms with Crippen LogP contribution in [0, 0.1) is 6.92 Å². The summed E-state index contributed by atoms with van der Waals surface area (Å²) in [6.45, 7) is 5.06. The molecule has 0 atom stereocenters. The van der Waals surface area contributed by atoms with Gasteiger partial charge >= 0.3 is 0 Å². The molecule has 5 nitrogen and oxygen atoms in total. The van der Waals surface area contributed by atoms with Gasteiger partial charge in [-0.1, -0.05) is 29.8 Å². The monoisotopic (exact) mass is 357 g/mol. The molecule has 0 unspecified atom stereocenters. The summed E-state index contributed by atoms with van der Waals surface area (Å²) in [5.41, 5.74) is 5.94. The number of hydrazone groups is 1. The van der Waals surface area contributed by atoms with Crippen molar-refractivity contribution in [2.75, 3.05) is 13.7 Å². The second-order valence-corrected chi connectivity index (χ2v) is 5.77. The lowest BCUT2D eigenvalue weighted by Gasteiger charge is -2.13. The fourth-order valence-corrected chi connectivity index (χ4v) is 2.23. The molecule has 2 N–H and O–H groups in total. The van der Waals surface area contributed by atoms with Crippen LogP contribution < -0.4 is 20.2 Å². The van der Waals surface area contributed by atoms with Crippen LogP contribution in [0.2, 0.25) is 0 Å². The number of nitrogens with zero attached hydrogens (tertiary/aromatic N) is 1. The standard InChI is InChI=1S/C19H23N3O2S/c1-4-23-18-11-15(12-21-22-19(25)20-3)8-9-17(18)24-13-16-7-5-6-14(2)10-16/h5-12H,4,13H2,1-3H3,(H2,20,22,25)/b21-12+. The summed E-state index contributed by atoms with van der Waals surface area (Å²) in [5.74, 6) is 1.40. The molecule has 132 valence electrons. The maximum absolute atomic E-state index is 5.93. The van der Waals surface area contributed by atoms with Gasteiger partial charge in [0.2, 0.25) is 0 Å². The molecule has 25 heavy (non-hydrogen) atoms. The number of hydrogen-bond donors (Lipinski definition) is 2. The van der Waals surface area contributed by atoms with Crippen molar-refractivity contribution in [3.05, 3.63) is 59.2 Å². The zero-order chi connectivity index (χ0) is 18.1. The summed E-state index contributed by atoms with van der Waals surface area (Å²) in [5, 5.41) is 7.32. The first kappa shape index (κ1) is 18.7. The molecular weight excluding hydrogens is 334 g/mol. The summed E-state index contributed by atoms with van der Waals surface area (Å²) in [6.07, 6.45) is 1.68. The van der Waals surface area contributed by atoms with Gasteiger partial charge in [-0.05, 0) is 55.4 Å². The second-order valence-electron chi connectivity index (χ2n) is 5.37. The first-order chi connectivity index (χ1) is 12.1. The highest BCUT2D eigenvalue weighted by Gasteiger charge is 2.06. The maximum Gasteiger partial charge on any atom is 0.186 e. The van der Waals surface area contributed by atoms with Gasteiger partial charge in [-0.3, -0.25) is 5.43 Å². The second kappa shape index (κ2) is 9.64. The first-order valence-electron chi connectivity index (χ1n) is 8.08. The molecule has 2 aromatic carbocycles. The van der Waals surface area contributed by atoms with Crippen molar-refractivity contribution >= 4 is 23.5 Å². The summed E-state index contributed by atoms with van der Waals surface area (Å²) < 4.78 is 11.6. The van der Waals surface area contributed by atoms with Gasteiger partial charge in [-0.25, -0.2) is 0 Å². The Morgan fingerprint density at radius 2 is 2.00 bits per heavy atom. The predicted octanol–water partition coefficient (Wildman–Crippen LogP) is 3.40. The average Bonchev–Trinajstić information content (AvgIpc) is 2.61. The van der Waals surface area contributed by atoms with E-state index in [0.717, 1.165) is 11.1 Å². The number of rotatable bonds is 7. The lowest BCUT2D eigenvalue weighted by atomic mass is 10.1. The molecule has 0 amide bonds. The normalized spacial score (nSPS) is 10.5. The van der Waals surface area contributed by atoms with E-state index in [2.05, 4.69) is 34.9 Å². The van der Waals surface area contributed by atoms with Crippen molar-refractivity contribution < 1.29 is 9.47 Å². The predicted molar refractivity (Wildman–Crippen MR) is 106 cm³/mol. The van der Waals surface area contributed by atoms with E-state index < -0.39 is 0 Å². The molecular formula is C19H23N3O2S. The lowest BCUT2D eigenvalue weighted by molar-refractivity contribution is 0.269. The Hall–Kier alpha value is -2.60. The Bertz CT molecular complexity index is 747. The van der Waals surface area contributed by atoms with Crippen molar-refractivity contribution in [1.82, 2.24) is 10.7 Å². The number of thiocarbonyl (C=S) groups is 1. The number of hydrogen-bond acceptors (Lipinski definition) is 4. The van der Waals surface area contributed by atoms with E-state index in [9.17, 15) is 0 Å². The number of benzene rings is 2. The maximum atomic E-state index is 5.93. The molecule has 0 aliphatic carbocycles. The molecule has 2 aromatic rings. The van der Waals surface area contributed by atoms with Gasteiger partial charge in [0.15, 0.2) is 16.6 Å². The van der Waals surface area contributed by atoms with E-state index in [4.69, 9.17) is 21.7 Å². The Kier molecular flexibility index (Phi) is 7.22. The topological polar surface area (TPSA) is 54.9 Å². The van der Waals surface area contributed by atoms with Crippen LogP contribution in [-0.2, 0) is 6.61 Å². The molecule has 6 heteroatoms. The van der Waals surface area contributed by atoms with Gasteiger partial charge < -0.3 is 14.8 Å². The fourth-order valence-electron chi connectivity index (χ4n) is 2.18. The summed E-state index contributed by atoms with van der Waals surface area (Å²) in [4.78, 5) is 0. The van der Waals surface area contributed by atoms with Crippen LogP contribution in [0.3, 0.4) is 0 Å². The Labute approximate surface area is 154 Å². The Morgan fingerprint density at radius 3 is 2.72 bits per heavy atom. The van der Waals surface area contributed by atoms with Crippen molar-refractivity contribution in [3.63, 3.8) is 0 Å². The van der Waals surface area contributed by atoms with Gasteiger partial charge in [0.05, 0.1) is 12.8 Å². The molecule has 0 saturated carbocycles. The molecule has 0 aliphatic rings. The molecule has 0 aliphatic heterocycles. The molecule has 0 aromatic heterocycles. The molecule has 0 bridgehead atoms. The minimum Gasteiger partial charge on any atom is -0.490 e. The zero-order valence-electron chi connectivity index (χ0n) is 14.7. The molecule has 2 rings (SSSR count). The quantitative estimate of drug-likeness (QED) is 0.452. The van der Waals surface area contributed by atoms with Gasteiger partial charge in [0.1, 0.15) is 6.61 Å². The highest BCUT2D eigenvalue weighted by atomic mass is 32.1. The van der Waals surface area contributed by atoms with Crippen LogP contribution in [0.15, 0.2) is 47.6 Å². The van der Waals surface area contributed by atoms with Crippen molar-refractivity contribution in [2.45, 2.75) is 20.5 Å². The van der Waals surface area contributed by atoms with Crippen molar-refractivity contribution in [3.8, 4) is 11.5 Å². The van der Waals surface area contributed by atoms with Gasteiger partial charge in [0, 0.05) is 7.05 Å². The highest BCUT2D eigenvalue weighted by molar-refractivity contribution is 7.80. The smallest absolute Gasteiger partial charge is 0.186 e. The molecule has 0 spiro atoms. The van der Waals surface area contributed by atoms with E-state index in [1.807, 2.05) is 37.3 Å². The van der Waals surface area contributed by atoms with Crippen LogP contribution in [0.1, 0.15) is 23.6 Å². The minimum atomic E-state index is 0.458. The number of aryl methyl sites for hydroxylation is 1. The Balaban J connectivity index is 2.08. The van der Waals surface area contributed by atoms with E-state index in [1.54, 1.807) is 13.3 Å². The summed E-state index contributed by atoms with van der Waals surface area (Å²) in [6, 6.07) is 13.9. The van der Waals surface area contributed by atoms with Crippen LogP contribution in [0.4, 0.5) is 0 Å². The zero-order valence-corrected chi connectivity index (χ0v) is 15.5. The molecule has 0 fully saturated rings. The number of ether oxygens (including phenoxy) is 2. The highest BCUT2D eigenvalue weighted by Crippen LogP contribution is 2.29. The van der Waals surface area contributed by atoms with Crippen molar-refractivity contribution in [1.29, 1.82) is 0 Å².